The fraction of sp³-hybridized carbons (Fsp3) is 0.238. The summed E-state index contributed by atoms with van der Waals surface area (Å²) in [5.41, 5.74) is 2.38. The SMILES string of the molecule is O=C(Nc1ccc2[nH]c(=O)[nH]c2c1)C1CCN(S(=O)(=O)/C=C/c2ccccc2)CC1. The van der Waals surface area contributed by atoms with Gasteiger partial charge >= 0.3 is 5.69 Å². The van der Waals surface area contributed by atoms with Crippen LogP contribution in [-0.4, -0.2) is 41.7 Å². The molecule has 8 nitrogen and oxygen atoms in total. The van der Waals surface area contributed by atoms with Crippen molar-refractivity contribution in [2.45, 2.75) is 12.8 Å². The Bertz CT molecular complexity index is 1240. The average molecular weight is 426 g/mol. The van der Waals surface area contributed by atoms with Crippen LogP contribution in [0.3, 0.4) is 0 Å². The number of hydrogen-bond donors (Lipinski definition) is 3. The van der Waals surface area contributed by atoms with Gasteiger partial charge in [-0.2, -0.15) is 4.31 Å². The molecule has 0 spiro atoms. The van der Waals surface area contributed by atoms with Gasteiger partial charge in [-0.15, -0.1) is 0 Å². The molecule has 3 aromatic rings. The van der Waals surface area contributed by atoms with Crippen LogP contribution in [0.4, 0.5) is 5.69 Å². The lowest BCUT2D eigenvalue weighted by Gasteiger charge is -2.29. The molecular weight excluding hydrogens is 404 g/mol. The van der Waals surface area contributed by atoms with Gasteiger partial charge in [0, 0.05) is 30.1 Å². The molecule has 4 rings (SSSR count). The van der Waals surface area contributed by atoms with Crippen LogP contribution < -0.4 is 11.0 Å². The Kier molecular flexibility index (Phi) is 5.56. The van der Waals surface area contributed by atoms with E-state index in [0.29, 0.717) is 42.7 Å². The number of aromatic amines is 2. The van der Waals surface area contributed by atoms with Crippen molar-refractivity contribution in [3.8, 4) is 0 Å². The molecule has 0 aliphatic carbocycles. The number of benzene rings is 2. The number of H-pyrrole nitrogens is 2. The summed E-state index contributed by atoms with van der Waals surface area (Å²) in [6.45, 7) is 0.591. The van der Waals surface area contributed by atoms with E-state index >= 15 is 0 Å². The highest BCUT2D eigenvalue weighted by atomic mass is 32.2. The lowest BCUT2D eigenvalue weighted by atomic mass is 9.97. The van der Waals surface area contributed by atoms with Crippen LogP contribution in [0.15, 0.2) is 58.7 Å². The van der Waals surface area contributed by atoms with Gasteiger partial charge in [0.2, 0.25) is 15.9 Å². The number of amides is 1. The van der Waals surface area contributed by atoms with E-state index in [1.165, 1.54) is 9.71 Å². The number of anilines is 1. The highest BCUT2D eigenvalue weighted by molar-refractivity contribution is 7.92. The van der Waals surface area contributed by atoms with E-state index in [9.17, 15) is 18.0 Å². The number of nitrogens with one attached hydrogen (secondary N) is 3. The largest absolute Gasteiger partial charge is 0.326 e. The number of carbonyl (C=O) groups is 1. The van der Waals surface area contributed by atoms with E-state index in [4.69, 9.17) is 0 Å². The molecule has 1 aliphatic heterocycles. The molecule has 1 saturated heterocycles. The lowest BCUT2D eigenvalue weighted by molar-refractivity contribution is -0.120. The fourth-order valence-electron chi connectivity index (χ4n) is 3.54. The second-order valence-corrected chi connectivity index (χ2v) is 9.08. The predicted octanol–water partition coefficient (Wildman–Crippen LogP) is 2.51. The van der Waals surface area contributed by atoms with Crippen molar-refractivity contribution < 1.29 is 13.2 Å². The molecule has 156 valence electrons. The van der Waals surface area contributed by atoms with Gasteiger partial charge in [0.1, 0.15) is 0 Å². The van der Waals surface area contributed by atoms with E-state index in [1.54, 1.807) is 24.3 Å². The maximum absolute atomic E-state index is 12.6. The highest BCUT2D eigenvalue weighted by Crippen LogP contribution is 2.23. The normalized spacial score (nSPS) is 16.3. The molecule has 2 aromatic carbocycles. The van der Waals surface area contributed by atoms with E-state index in [2.05, 4.69) is 15.3 Å². The Hall–Kier alpha value is -3.17. The molecule has 0 atom stereocenters. The van der Waals surface area contributed by atoms with Crippen molar-refractivity contribution in [3.63, 3.8) is 0 Å². The third kappa shape index (κ3) is 4.52. The quantitative estimate of drug-likeness (QED) is 0.581. The van der Waals surface area contributed by atoms with Crippen LogP contribution in [0.5, 0.6) is 0 Å². The molecule has 1 aromatic heterocycles. The second kappa shape index (κ2) is 8.29. The molecular formula is C21H22N4O4S. The summed E-state index contributed by atoms with van der Waals surface area (Å²) in [7, 11) is -3.53. The summed E-state index contributed by atoms with van der Waals surface area (Å²) < 4.78 is 26.5. The molecule has 0 radical (unpaired) electrons. The van der Waals surface area contributed by atoms with E-state index in [0.717, 1.165) is 5.56 Å². The van der Waals surface area contributed by atoms with Crippen molar-refractivity contribution in [1.29, 1.82) is 0 Å². The van der Waals surface area contributed by atoms with Crippen molar-refractivity contribution in [2.24, 2.45) is 5.92 Å². The molecule has 30 heavy (non-hydrogen) atoms. The maximum Gasteiger partial charge on any atom is 0.323 e. The number of aromatic nitrogens is 2. The van der Waals surface area contributed by atoms with E-state index < -0.39 is 10.0 Å². The molecule has 0 saturated carbocycles. The Balaban J connectivity index is 1.35. The monoisotopic (exact) mass is 426 g/mol. The molecule has 3 N–H and O–H groups in total. The average Bonchev–Trinajstić information content (AvgIpc) is 3.12. The van der Waals surface area contributed by atoms with Gasteiger partial charge in [0.25, 0.3) is 0 Å². The highest BCUT2D eigenvalue weighted by Gasteiger charge is 2.30. The van der Waals surface area contributed by atoms with Crippen LogP contribution in [0.1, 0.15) is 18.4 Å². The van der Waals surface area contributed by atoms with Gasteiger partial charge in [0.05, 0.1) is 11.0 Å². The number of piperidine rings is 1. The number of rotatable bonds is 5. The standard InChI is InChI=1S/C21H22N4O4S/c26-20(22-17-6-7-18-19(14-17)24-21(27)23-18)16-8-11-25(12-9-16)30(28,29)13-10-15-4-2-1-3-5-15/h1-7,10,13-14,16H,8-9,11-12H2,(H,22,26)(H2,23,24,27)/b13-10+. The topological polar surface area (TPSA) is 115 Å². The minimum absolute atomic E-state index is 0.149. The summed E-state index contributed by atoms with van der Waals surface area (Å²) >= 11 is 0. The predicted molar refractivity (Wildman–Crippen MR) is 116 cm³/mol. The van der Waals surface area contributed by atoms with Gasteiger partial charge < -0.3 is 15.3 Å². The van der Waals surface area contributed by atoms with Crippen molar-refractivity contribution >= 4 is 38.7 Å². The molecule has 0 unspecified atom stereocenters. The Morgan fingerprint density at radius 1 is 1.03 bits per heavy atom. The first-order valence-corrected chi connectivity index (χ1v) is 11.2. The number of imidazole rings is 1. The molecule has 9 heteroatoms. The molecule has 1 fully saturated rings. The first-order chi connectivity index (χ1) is 14.4. The van der Waals surface area contributed by atoms with Crippen LogP contribution >= 0.6 is 0 Å². The zero-order chi connectivity index (χ0) is 21.1. The minimum atomic E-state index is -3.53. The molecule has 0 bridgehead atoms. The zero-order valence-electron chi connectivity index (χ0n) is 16.2. The van der Waals surface area contributed by atoms with Crippen molar-refractivity contribution in [1.82, 2.24) is 14.3 Å². The van der Waals surface area contributed by atoms with Crippen LogP contribution in [-0.2, 0) is 14.8 Å². The fourth-order valence-corrected chi connectivity index (χ4v) is 4.76. The molecule has 2 heterocycles. The van der Waals surface area contributed by atoms with Gasteiger partial charge in [-0.1, -0.05) is 30.3 Å². The number of nitrogens with zero attached hydrogens (tertiary/aromatic N) is 1. The smallest absolute Gasteiger partial charge is 0.323 e. The van der Waals surface area contributed by atoms with Crippen molar-refractivity contribution in [2.75, 3.05) is 18.4 Å². The summed E-state index contributed by atoms with van der Waals surface area (Å²) in [5, 5.41) is 4.07. The third-order valence-electron chi connectivity index (χ3n) is 5.20. The Labute approximate surface area is 173 Å². The number of fused-ring (bicyclic) bond motifs is 1. The first-order valence-electron chi connectivity index (χ1n) is 9.67. The second-order valence-electron chi connectivity index (χ2n) is 7.26. The summed E-state index contributed by atoms with van der Waals surface area (Å²) in [5.74, 6) is -0.417. The van der Waals surface area contributed by atoms with Crippen molar-refractivity contribution in [3.05, 3.63) is 70.0 Å². The van der Waals surface area contributed by atoms with Crippen LogP contribution in [0.2, 0.25) is 0 Å². The molecule has 1 amide bonds. The Morgan fingerprint density at radius 2 is 1.73 bits per heavy atom. The van der Waals surface area contributed by atoms with Gasteiger partial charge in [-0.05, 0) is 42.7 Å². The number of carbonyl (C=O) groups excluding carboxylic acids is 1. The number of sulfonamides is 1. The van der Waals surface area contributed by atoms with Crippen LogP contribution in [0.25, 0.3) is 17.1 Å². The van der Waals surface area contributed by atoms with Gasteiger partial charge in [-0.25, -0.2) is 13.2 Å². The summed E-state index contributed by atoms with van der Waals surface area (Å²) in [6, 6.07) is 14.4. The van der Waals surface area contributed by atoms with Gasteiger partial charge in [-0.3, -0.25) is 4.79 Å². The molecule has 1 aliphatic rings. The first kappa shape index (κ1) is 20.1. The third-order valence-corrected chi connectivity index (χ3v) is 6.77. The summed E-state index contributed by atoms with van der Waals surface area (Å²) in [4.78, 5) is 29.3. The maximum atomic E-state index is 12.6. The Morgan fingerprint density at radius 3 is 2.47 bits per heavy atom. The minimum Gasteiger partial charge on any atom is -0.326 e. The lowest BCUT2D eigenvalue weighted by Crippen LogP contribution is -2.40. The van der Waals surface area contributed by atoms with Crippen LogP contribution in [0, 0.1) is 5.92 Å². The van der Waals surface area contributed by atoms with E-state index in [1.807, 2.05) is 30.3 Å². The van der Waals surface area contributed by atoms with E-state index in [-0.39, 0.29) is 17.5 Å². The summed E-state index contributed by atoms with van der Waals surface area (Å²) in [6.07, 6.45) is 2.48. The van der Waals surface area contributed by atoms with Gasteiger partial charge in [0.15, 0.2) is 0 Å². The number of hydrogen-bond acceptors (Lipinski definition) is 4. The zero-order valence-corrected chi connectivity index (χ0v) is 17.0.